The van der Waals surface area contributed by atoms with E-state index in [0.29, 0.717) is 6.04 Å². The van der Waals surface area contributed by atoms with Crippen LogP contribution < -0.4 is 0 Å². The molecule has 1 N–H and O–H groups in total. The number of nitrogens with zero attached hydrogens (tertiary/aromatic N) is 1. The standard InChI is InChI=1S/C16H18N2/c1-11(18(2)3)12-8-6-9-14-13-7-4-5-10-15(13)17-16(12)14/h4-11,17H,1-3H3. The molecule has 18 heavy (non-hydrogen) atoms. The monoisotopic (exact) mass is 238 g/mol. The predicted molar refractivity (Wildman–Crippen MR) is 77.9 cm³/mol. The van der Waals surface area contributed by atoms with E-state index in [1.165, 1.54) is 27.4 Å². The minimum atomic E-state index is 0.404. The van der Waals surface area contributed by atoms with Crippen LogP contribution in [0.5, 0.6) is 0 Å². The SMILES string of the molecule is CC(c1cccc2c1[nH]c1ccccc12)N(C)C. The molecule has 1 atom stereocenters. The van der Waals surface area contributed by atoms with Crippen molar-refractivity contribution in [3.05, 3.63) is 48.0 Å². The molecule has 3 rings (SSSR count). The lowest BCUT2D eigenvalue weighted by molar-refractivity contribution is 0.322. The van der Waals surface area contributed by atoms with Gasteiger partial charge in [-0.1, -0.05) is 36.4 Å². The van der Waals surface area contributed by atoms with Crippen LogP contribution in [-0.2, 0) is 0 Å². The summed E-state index contributed by atoms with van der Waals surface area (Å²) < 4.78 is 0. The van der Waals surface area contributed by atoms with Crippen LogP contribution in [0.4, 0.5) is 0 Å². The topological polar surface area (TPSA) is 19.0 Å². The third-order valence-corrected chi connectivity index (χ3v) is 3.80. The zero-order valence-electron chi connectivity index (χ0n) is 11.1. The Morgan fingerprint density at radius 1 is 0.944 bits per heavy atom. The Labute approximate surface area is 107 Å². The number of aromatic nitrogens is 1. The molecule has 1 heterocycles. The Morgan fingerprint density at radius 3 is 2.44 bits per heavy atom. The number of hydrogen-bond acceptors (Lipinski definition) is 1. The van der Waals surface area contributed by atoms with E-state index < -0.39 is 0 Å². The van der Waals surface area contributed by atoms with E-state index >= 15 is 0 Å². The van der Waals surface area contributed by atoms with Gasteiger partial charge < -0.3 is 9.88 Å². The summed E-state index contributed by atoms with van der Waals surface area (Å²) in [4.78, 5) is 5.79. The molecule has 0 aliphatic carbocycles. The molecule has 2 heteroatoms. The van der Waals surface area contributed by atoms with E-state index in [1.54, 1.807) is 0 Å². The van der Waals surface area contributed by atoms with Crippen LogP contribution in [0.1, 0.15) is 18.5 Å². The molecule has 0 aliphatic heterocycles. The molecule has 0 amide bonds. The van der Waals surface area contributed by atoms with Crippen LogP contribution in [-0.4, -0.2) is 24.0 Å². The average molecular weight is 238 g/mol. The summed E-state index contributed by atoms with van der Waals surface area (Å²) in [6.45, 7) is 2.24. The zero-order chi connectivity index (χ0) is 12.7. The van der Waals surface area contributed by atoms with Crippen molar-refractivity contribution in [1.82, 2.24) is 9.88 Å². The van der Waals surface area contributed by atoms with Crippen molar-refractivity contribution in [2.24, 2.45) is 0 Å². The van der Waals surface area contributed by atoms with Crippen molar-refractivity contribution in [2.45, 2.75) is 13.0 Å². The lowest BCUT2D eigenvalue weighted by Crippen LogP contribution is -2.16. The summed E-state index contributed by atoms with van der Waals surface area (Å²) >= 11 is 0. The Kier molecular flexibility index (Phi) is 2.60. The van der Waals surface area contributed by atoms with Gasteiger partial charge in [0.15, 0.2) is 0 Å². The largest absolute Gasteiger partial charge is 0.354 e. The first-order valence-electron chi connectivity index (χ1n) is 6.34. The molecular weight excluding hydrogens is 220 g/mol. The molecule has 2 aromatic carbocycles. The molecule has 0 bridgehead atoms. The summed E-state index contributed by atoms with van der Waals surface area (Å²) in [5.41, 5.74) is 3.83. The Hall–Kier alpha value is -1.80. The second-order valence-electron chi connectivity index (χ2n) is 5.08. The van der Waals surface area contributed by atoms with Gasteiger partial charge in [-0.25, -0.2) is 0 Å². The number of hydrogen-bond donors (Lipinski definition) is 1. The number of fused-ring (bicyclic) bond motifs is 3. The molecule has 0 fully saturated rings. The van der Waals surface area contributed by atoms with E-state index in [-0.39, 0.29) is 0 Å². The lowest BCUT2D eigenvalue weighted by Gasteiger charge is -2.20. The number of rotatable bonds is 2. The van der Waals surface area contributed by atoms with Crippen LogP contribution in [0.15, 0.2) is 42.5 Å². The van der Waals surface area contributed by atoms with Gasteiger partial charge >= 0.3 is 0 Å². The van der Waals surface area contributed by atoms with Gasteiger partial charge in [-0.15, -0.1) is 0 Å². The van der Waals surface area contributed by atoms with E-state index in [9.17, 15) is 0 Å². The normalized spacial score (nSPS) is 13.6. The highest BCUT2D eigenvalue weighted by Crippen LogP contribution is 2.31. The number of nitrogens with one attached hydrogen (secondary N) is 1. The number of aromatic amines is 1. The Bertz CT molecular complexity index is 694. The maximum atomic E-state index is 3.56. The van der Waals surface area contributed by atoms with Crippen LogP contribution in [0.2, 0.25) is 0 Å². The molecule has 0 radical (unpaired) electrons. The maximum Gasteiger partial charge on any atom is 0.0513 e. The highest BCUT2D eigenvalue weighted by molar-refractivity contribution is 6.08. The third-order valence-electron chi connectivity index (χ3n) is 3.80. The van der Waals surface area contributed by atoms with Crippen molar-refractivity contribution >= 4 is 21.8 Å². The molecular formula is C16H18N2. The highest BCUT2D eigenvalue weighted by Gasteiger charge is 2.13. The molecule has 0 saturated carbocycles. The van der Waals surface area contributed by atoms with Crippen LogP contribution in [0.3, 0.4) is 0 Å². The molecule has 92 valence electrons. The van der Waals surface area contributed by atoms with Gasteiger partial charge in [-0.2, -0.15) is 0 Å². The summed E-state index contributed by atoms with van der Waals surface area (Å²) in [6.07, 6.45) is 0. The van der Waals surface area contributed by atoms with Gasteiger partial charge in [-0.05, 0) is 32.6 Å². The minimum absolute atomic E-state index is 0.404. The fraction of sp³-hybridized carbons (Fsp3) is 0.250. The van der Waals surface area contributed by atoms with Gasteiger partial charge in [0.1, 0.15) is 0 Å². The molecule has 3 aromatic rings. The van der Waals surface area contributed by atoms with Gasteiger partial charge in [-0.3, -0.25) is 0 Å². The second-order valence-corrected chi connectivity index (χ2v) is 5.08. The van der Waals surface area contributed by atoms with E-state index in [2.05, 4.69) is 73.4 Å². The van der Waals surface area contributed by atoms with E-state index in [1.807, 2.05) is 0 Å². The van der Waals surface area contributed by atoms with Crippen molar-refractivity contribution in [1.29, 1.82) is 0 Å². The van der Waals surface area contributed by atoms with Gasteiger partial charge in [0, 0.05) is 22.3 Å². The Balaban J connectivity index is 2.34. The van der Waals surface area contributed by atoms with Crippen LogP contribution in [0, 0.1) is 0 Å². The first-order chi connectivity index (χ1) is 8.68. The molecule has 2 nitrogen and oxygen atoms in total. The molecule has 1 unspecified atom stereocenters. The smallest absolute Gasteiger partial charge is 0.0513 e. The predicted octanol–water partition coefficient (Wildman–Crippen LogP) is 3.94. The van der Waals surface area contributed by atoms with Crippen molar-refractivity contribution in [3.63, 3.8) is 0 Å². The fourth-order valence-corrected chi connectivity index (χ4v) is 2.52. The lowest BCUT2D eigenvalue weighted by atomic mass is 10.0. The summed E-state index contributed by atoms with van der Waals surface area (Å²) in [5, 5.41) is 2.62. The molecule has 0 spiro atoms. The van der Waals surface area contributed by atoms with Crippen molar-refractivity contribution < 1.29 is 0 Å². The average Bonchev–Trinajstić information content (AvgIpc) is 2.76. The maximum absolute atomic E-state index is 3.56. The summed E-state index contributed by atoms with van der Waals surface area (Å²) in [7, 11) is 4.23. The number of para-hydroxylation sites is 2. The van der Waals surface area contributed by atoms with E-state index in [4.69, 9.17) is 0 Å². The Morgan fingerprint density at radius 2 is 1.67 bits per heavy atom. The highest BCUT2D eigenvalue weighted by atomic mass is 15.1. The second kappa shape index (κ2) is 4.14. The zero-order valence-corrected chi connectivity index (χ0v) is 11.1. The van der Waals surface area contributed by atoms with E-state index in [0.717, 1.165) is 0 Å². The first-order valence-corrected chi connectivity index (χ1v) is 6.34. The van der Waals surface area contributed by atoms with Crippen LogP contribution >= 0.6 is 0 Å². The third kappa shape index (κ3) is 1.61. The molecule has 0 saturated heterocycles. The summed E-state index contributed by atoms with van der Waals surface area (Å²) in [5.74, 6) is 0. The van der Waals surface area contributed by atoms with Crippen molar-refractivity contribution in [2.75, 3.05) is 14.1 Å². The summed E-state index contributed by atoms with van der Waals surface area (Å²) in [6, 6.07) is 15.4. The quantitative estimate of drug-likeness (QED) is 0.716. The minimum Gasteiger partial charge on any atom is -0.354 e. The molecule has 1 aromatic heterocycles. The van der Waals surface area contributed by atoms with Gasteiger partial charge in [0.2, 0.25) is 0 Å². The number of H-pyrrole nitrogens is 1. The van der Waals surface area contributed by atoms with Crippen LogP contribution in [0.25, 0.3) is 21.8 Å². The first kappa shape index (κ1) is 11.3. The van der Waals surface area contributed by atoms with Crippen molar-refractivity contribution in [3.8, 4) is 0 Å². The fourth-order valence-electron chi connectivity index (χ4n) is 2.52. The number of benzene rings is 2. The van der Waals surface area contributed by atoms with Gasteiger partial charge in [0.25, 0.3) is 0 Å². The molecule has 0 aliphatic rings. The van der Waals surface area contributed by atoms with Gasteiger partial charge in [0.05, 0.1) is 5.52 Å².